The summed E-state index contributed by atoms with van der Waals surface area (Å²) in [6.45, 7) is 2.05. The minimum Gasteiger partial charge on any atom is -0.411 e. The highest BCUT2D eigenvalue weighted by molar-refractivity contribution is 7.98. The monoisotopic (exact) mass is 327 g/mol. The Labute approximate surface area is 136 Å². The second kappa shape index (κ2) is 6.62. The summed E-state index contributed by atoms with van der Waals surface area (Å²) in [4.78, 5) is 10.4. The first kappa shape index (κ1) is 15.2. The average molecular weight is 327 g/mol. The van der Waals surface area contributed by atoms with Gasteiger partial charge in [-0.05, 0) is 24.1 Å². The molecule has 0 saturated carbocycles. The van der Waals surface area contributed by atoms with Crippen molar-refractivity contribution in [3.8, 4) is 11.5 Å². The Kier molecular flexibility index (Phi) is 4.38. The van der Waals surface area contributed by atoms with Gasteiger partial charge in [-0.15, -0.1) is 10.2 Å². The number of aromatic nitrogens is 2. The van der Waals surface area contributed by atoms with E-state index in [1.807, 2.05) is 12.1 Å². The lowest BCUT2D eigenvalue weighted by molar-refractivity contribution is -0.384. The van der Waals surface area contributed by atoms with Gasteiger partial charge < -0.3 is 4.42 Å². The number of nitro benzene ring substituents is 1. The molecule has 116 valence electrons. The largest absolute Gasteiger partial charge is 0.411 e. The number of nitrogens with zero attached hydrogens (tertiary/aromatic N) is 3. The summed E-state index contributed by atoms with van der Waals surface area (Å²) in [6.07, 6.45) is 0. The zero-order valence-electron chi connectivity index (χ0n) is 12.3. The SMILES string of the molecule is Cc1ccccc1CSc1nnc(-c2cccc([N+](=O)[O-])c2)o1. The van der Waals surface area contributed by atoms with E-state index in [4.69, 9.17) is 4.42 Å². The highest BCUT2D eigenvalue weighted by Gasteiger charge is 2.13. The molecule has 0 aliphatic rings. The van der Waals surface area contributed by atoms with Crippen LogP contribution in [-0.2, 0) is 5.75 Å². The number of benzene rings is 2. The summed E-state index contributed by atoms with van der Waals surface area (Å²) in [5.74, 6) is 1.00. The number of rotatable bonds is 5. The van der Waals surface area contributed by atoms with Gasteiger partial charge in [-0.1, -0.05) is 42.1 Å². The maximum atomic E-state index is 10.8. The summed E-state index contributed by atoms with van der Waals surface area (Å²) in [7, 11) is 0. The highest BCUT2D eigenvalue weighted by atomic mass is 32.2. The minimum atomic E-state index is -0.451. The van der Waals surface area contributed by atoms with Crippen LogP contribution in [-0.4, -0.2) is 15.1 Å². The fourth-order valence-corrected chi connectivity index (χ4v) is 2.89. The molecule has 0 amide bonds. The van der Waals surface area contributed by atoms with Gasteiger partial charge in [-0.2, -0.15) is 0 Å². The van der Waals surface area contributed by atoms with Crippen LogP contribution in [0.25, 0.3) is 11.5 Å². The molecular weight excluding hydrogens is 314 g/mol. The molecule has 0 unspecified atom stereocenters. The van der Waals surface area contributed by atoms with Crippen LogP contribution in [0.15, 0.2) is 58.2 Å². The van der Waals surface area contributed by atoms with Crippen LogP contribution in [0.4, 0.5) is 5.69 Å². The van der Waals surface area contributed by atoms with Gasteiger partial charge in [0.05, 0.1) is 4.92 Å². The number of non-ortho nitro benzene ring substituents is 1. The first-order valence-corrected chi connectivity index (χ1v) is 7.87. The molecule has 6 nitrogen and oxygen atoms in total. The first-order valence-electron chi connectivity index (χ1n) is 6.89. The maximum Gasteiger partial charge on any atom is 0.277 e. The minimum absolute atomic E-state index is 0.00480. The van der Waals surface area contributed by atoms with Crippen molar-refractivity contribution in [2.75, 3.05) is 0 Å². The molecule has 0 spiro atoms. The van der Waals surface area contributed by atoms with Gasteiger partial charge in [0.1, 0.15) is 0 Å². The van der Waals surface area contributed by atoms with Crippen LogP contribution < -0.4 is 0 Å². The summed E-state index contributed by atoms with van der Waals surface area (Å²) < 4.78 is 5.58. The van der Waals surface area contributed by atoms with Gasteiger partial charge >= 0.3 is 0 Å². The van der Waals surface area contributed by atoms with Gasteiger partial charge in [0.15, 0.2) is 0 Å². The number of thioether (sulfide) groups is 1. The number of nitro groups is 1. The second-order valence-electron chi connectivity index (χ2n) is 4.90. The van der Waals surface area contributed by atoms with Crippen LogP contribution in [0, 0.1) is 17.0 Å². The van der Waals surface area contributed by atoms with E-state index < -0.39 is 4.92 Å². The van der Waals surface area contributed by atoms with Crippen molar-refractivity contribution in [1.29, 1.82) is 0 Å². The smallest absolute Gasteiger partial charge is 0.277 e. The molecule has 0 atom stereocenters. The lowest BCUT2D eigenvalue weighted by Crippen LogP contribution is -1.88. The van der Waals surface area contributed by atoms with Crippen LogP contribution in [0.1, 0.15) is 11.1 Å². The molecule has 3 aromatic rings. The van der Waals surface area contributed by atoms with Crippen LogP contribution in [0.5, 0.6) is 0 Å². The lowest BCUT2D eigenvalue weighted by atomic mass is 10.1. The van der Waals surface area contributed by atoms with E-state index in [0.717, 1.165) is 5.75 Å². The molecule has 0 fully saturated rings. The predicted octanol–water partition coefficient (Wildman–Crippen LogP) is 4.25. The molecule has 0 aliphatic heterocycles. The third-order valence-corrected chi connectivity index (χ3v) is 4.19. The topological polar surface area (TPSA) is 82.1 Å². The molecule has 2 aromatic carbocycles. The number of hydrogen-bond donors (Lipinski definition) is 0. The third kappa shape index (κ3) is 3.57. The van der Waals surface area contributed by atoms with E-state index in [-0.39, 0.29) is 11.6 Å². The van der Waals surface area contributed by atoms with Gasteiger partial charge in [0, 0.05) is 23.4 Å². The van der Waals surface area contributed by atoms with E-state index >= 15 is 0 Å². The quantitative estimate of drug-likeness (QED) is 0.396. The molecule has 1 aromatic heterocycles. The summed E-state index contributed by atoms with van der Waals surface area (Å²) in [5, 5.41) is 19.2. The molecule has 0 aliphatic carbocycles. The van der Waals surface area contributed by atoms with Gasteiger partial charge in [-0.25, -0.2) is 0 Å². The molecule has 0 bridgehead atoms. The average Bonchev–Trinajstić information content (AvgIpc) is 3.03. The highest BCUT2D eigenvalue weighted by Crippen LogP contribution is 2.28. The van der Waals surface area contributed by atoms with E-state index in [1.165, 1.54) is 35.0 Å². The fraction of sp³-hybridized carbons (Fsp3) is 0.125. The standard InChI is InChI=1S/C16H13N3O3S/c1-11-5-2-3-6-13(11)10-23-16-18-17-15(22-16)12-7-4-8-14(9-12)19(20)21/h2-9H,10H2,1H3. The molecule has 23 heavy (non-hydrogen) atoms. The molecule has 0 radical (unpaired) electrons. The Morgan fingerprint density at radius 1 is 1.17 bits per heavy atom. The molecule has 0 saturated heterocycles. The maximum absolute atomic E-state index is 10.8. The zero-order chi connectivity index (χ0) is 16.2. The van der Waals surface area contributed by atoms with Crippen LogP contribution >= 0.6 is 11.8 Å². The summed E-state index contributed by atoms with van der Waals surface area (Å²) in [5.41, 5.74) is 2.94. The van der Waals surface area contributed by atoms with Crippen LogP contribution in [0.2, 0.25) is 0 Å². The van der Waals surface area contributed by atoms with Gasteiger partial charge in [0.25, 0.3) is 10.9 Å². The Hall–Kier alpha value is -2.67. The van der Waals surface area contributed by atoms with Crippen molar-refractivity contribution in [3.05, 3.63) is 69.8 Å². The van der Waals surface area contributed by atoms with E-state index in [2.05, 4.69) is 29.3 Å². The molecule has 7 heteroatoms. The summed E-state index contributed by atoms with van der Waals surface area (Å²) in [6, 6.07) is 14.2. The molecule has 1 heterocycles. The molecule has 3 rings (SSSR count). The summed E-state index contributed by atoms with van der Waals surface area (Å²) >= 11 is 1.44. The molecular formula is C16H13N3O3S. The van der Waals surface area contributed by atoms with E-state index in [9.17, 15) is 10.1 Å². The van der Waals surface area contributed by atoms with Crippen molar-refractivity contribution >= 4 is 17.4 Å². The van der Waals surface area contributed by atoms with Crippen molar-refractivity contribution in [2.24, 2.45) is 0 Å². The van der Waals surface area contributed by atoms with E-state index in [1.54, 1.807) is 12.1 Å². The molecule has 0 N–H and O–H groups in total. The Balaban J connectivity index is 1.74. The second-order valence-corrected chi connectivity index (χ2v) is 5.82. The number of aryl methyl sites for hydroxylation is 1. The normalized spacial score (nSPS) is 10.7. The third-order valence-electron chi connectivity index (χ3n) is 3.32. The van der Waals surface area contributed by atoms with Crippen molar-refractivity contribution in [3.63, 3.8) is 0 Å². The fourth-order valence-electron chi connectivity index (χ4n) is 2.05. The van der Waals surface area contributed by atoms with Gasteiger partial charge in [0.2, 0.25) is 5.89 Å². The van der Waals surface area contributed by atoms with Gasteiger partial charge in [-0.3, -0.25) is 10.1 Å². The van der Waals surface area contributed by atoms with Crippen molar-refractivity contribution in [1.82, 2.24) is 10.2 Å². The Morgan fingerprint density at radius 3 is 2.78 bits per heavy atom. The van der Waals surface area contributed by atoms with Crippen molar-refractivity contribution in [2.45, 2.75) is 17.9 Å². The van der Waals surface area contributed by atoms with Crippen molar-refractivity contribution < 1.29 is 9.34 Å². The van der Waals surface area contributed by atoms with Crippen LogP contribution in [0.3, 0.4) is 0 Å². The zero-order valence-corrected chi connectivity index (χ0v) is 13.1. The lowest BCUT2D eigenvalue weighted by Gasteiger charge is -2.02. The Bertz CT molecular complexity index is 848. The first-order chi connectivity index (χ1) is 11.1. The van der Waals surface area contributed by atoms with E-state index in [0.29, 0.717) is 10.8 Å². The number of hydrogen-bond acceptors (Lipinski definition) is 6. The predicted molar refractivity (Wildman–Crippen MR) is 87.1 cm³/mol. The Morgan fingerprint density at radius 2 is 2.00 bits per heavy atom.